The molecule has 188 valence electrons. The largest absolute Gasteiger partial charge is 0.492 e. The quantitative estimate of drug-likeness (QED) is 0.431. The number of rotatable bonds is 4. The van der Waals surface area contributed by atoms with E-state index in [1.807, 2.05) is 55.1 Å². The molecule has 1 saturated heterocycles. The number of aromatic carboxylic acids is 1. The Hall–Kier alpha value is -4.40. The monoisotopic (exact) mass is 497 g/mol. The minimum Gasteiger partial charge on any atom is -0.492 e. The van der Waals surface area contributed by atoms with Crippen LogP contribution in [0.2, 0.25) is 0 Å². The molecule has 37 heavy (non-hydrogen) atoms. The van der Waals surface area contributed by atoms with Crippen molar-refractivity contribution >= 4 is 29.0 Å². The van der Waals surface area contributed by atoms with Gasteiger partial charge in [0.05, 0.1) is 12.8 Å². The van der Waals surface area contributed by atoms with E-state index in [4.69, 9.17) is 4.74 Å². The Morgan fingerprint density at radius 1 is 1.05 bits per heavy atom. The molecule has 2 N–H and O–H groups in total. The van der Waals surface area contributed by atoms with Gasteiger partial charge >= 0.3 is 5.97 Å². The summed E-state index contributed by atoms with van der Waals surface area (Å²) in [7, 11) is 0. The summed E-state index contributed by atoms with van der Waals surface area (Å²) in [6.45, 7) is 5.75. The van der Waals surface area contributed by atoms with Gasteiger partial charge in [0.15, 0.2) is 5.65 Å². The summed E-state index contributed by atoms with van der Waals surface area (Å²) in [6.07, 6.45) is 4.32. The van der Waals surface area contributed by atoms with Crippen molar-refractivity contribution in [2.75, 3.05) is 25.0 Å². The molecule has 0 saturated carbocycles. The first-order valence-corrected chi connectivity index (χ1v) is 12.3. The van der Waals surface area contributed by atoms with E-state index in [1.165, 1.54) is 22.5 Å². The molecule has 9 heteroatoms. The second-order valence-electron chi connectivity index (χ2n) is 9.92. The number of hydrogen-bond donors (Lipinski definition) is 2. The number of piperidine rings is 1. The third-order valence-electron chi connectivity index (χ3n) is 7.60. The molecule has 0 unspecified atom stereocenters. The van der Waals surface area contributed by atoms with Crippen LogP contribution in [0, 0.1) is 13.8 Å². The number of carbonyl (C=O) groups excluding carboxylic acids is 1. The van der Waals surface area contributed by atoms with Crippen molar-refractivity contribution in [1.29, 1.82) is 0 Å². The number of nitrogens with one attached hydrogen (secondary N) is 1. The van der Waals surface area contributed by atoms with Gasteiger partial charge in [0.2, 0.25) is 0 Å². The van der Waals surface area contributed by atoms with Crippen LogP contribution in [0.4, 0.5) is 11.5 Å². The van der Waals surface area contributed by atoms with E-state index >= 15 is 0 Å². The van der Waals surface area contributed by atoms with Crippen LogP contribution in [0.15, 0.2) is 54.9 Å². The molecule has 0 bridgehead atoms. The Labute approximate surface area is 213 Å². The van der Waals surface area contributed by atoms with Crippen LogP contribution in [0.5, 0.6) is 5.75 Å². The van der Waals surface area contributed by atoms with Gasteiger partial charge in [-0.25, -0.2) is 9.78 Å². The number of anilines is 2. The van der Waals surface area contributed by atoms with Crippen LogP contribution in [0.3, 0.4) is 0 Å². The topological polar surface area (TPSA) is 109 Å². The number of hydrogen-bond acceptors (Lipinski definition) is 6. The van der Waals surface area contributed by atoms with E-state index in [2.05, 4.69) is 21.5 Å². The number of likely N-dealkylation sites (tertiary alicyclic amines) is 1. The summed E-state index contributed by atoms with van der Waals surface area (Å²) >= 11 is 0. The normalized spacial score (nSPS) is 16.0. The SMILES string of the molecule is Cc1ccc(C)c(Nc2c(C(=O)N3CCC4(CC3)COc3ccccc34)cnc3c(C(=O)O)cnn23)c1. The molecule has 2 aromatic heterocycles. The lowest BCUT2D eigenvalue weighted by Crippen LogP contribution is -2.46. The standard InChI is InChI=1S/C28H27N5O4/c1-17-7-8-18(2)22(13-17)31-25-19(14-29-24-20(27(35)36)15-30-33(24)25)26(34)32-11-9-28(10-12-32)16-37-23-6-4-3-5-21(23)28/h3-8,13-15,31H,9-12,16H2,1-2H3,(H,35,36). The second kappa shape index (κ2) is 8.62. The number of aromatic nitrogens is 3. The second-order valence-corrected chi connectivity index (χ2v) is 9.92. The lowest BCUT2D eigenvalue weighted by Gasteiger charge is -2.38. The zero-order chi connectivity index (χ0) is 25.7. The predicted octanol–water partition coefficient (Wildman–Crippen LogP) is 4.35. The zero-order valence-corrected chi connectivity index (χ0v) is 20.7. The molecule has 9 nitrogen and oxygen atoms in total. The van der Waals surface area contributed by atoms with Crippen molar-refractivity contribution in [3.63, 3.8) is 0 Å². The van der Waals surface area contributed by atoms with E-state index in [9.17, 15) is 14.7 Å². The van der Waals surface area contributed by atoms with E-state index in [-0.39, 0.29) is 22.5 Å². The number of carboxylic acid groups (broad SMARTS) is 1. The minimum atomic E-state index is -1.13. The number of fused-ring (bicyclic) bond motifs is 3. The molecule has 1 spiro atoms. The lowest BCUT2D eigenvalue weighted by molar-refractivity contribution is 0.0645. The summed E-state index contributed by atoms with van der Waals surface area (Å²) in [5.74, 6) is 0.0344. The van der Waals surface area contributed by atoms with E-state index < -0.39 is 5.97 Å². The highest BCUT2D eigenvalue weighted by molar-refractivity contribution is 6.01. The first-order chi connectivity index (χ1) is 17.9. The fraction of sp³-hybridized carbons (Fsp3) is 0.286. The van der Waals surface area contributed by atoms with Crippen molar-refractivity contribution in [1.82, 2.24) is 19.5 Å². The van der Waals surface area contributed by atoms with Crippen molar-refractivity contribution in [2.45, 2.75) is 32.1 Å². The first-order valence-electron chi connectivity index (χ1n) is 12.3. The maximum absolute atomic E-state index is 13.9. The summed E-state index contributed by atoms with van der Waals surface area (Å²) in [4.78, 5) is 31.7. The first kappa shape index (κ1) is 23.0. The van der Waals surface area contributed by atoms with E-state index in [1.54, 1.807) is 0 Å². The van der Waals surface area contributed by atoms with Gasteiger partial charge < -0.3 is 20.1 Å². The van der Waals surface area contributed by atoms with Crippen molar-refractivity contribution in [3.05, 3.63) is 82.7 Å². The fourth-order valence-electron chi connectivity index (χ4n) is 5.40. The highest BCUT2D eigenvalue weighted by Crippen LogP contribution is 2.45. The predicted molar refractivity (Wildman–Crippen MR) is 138 cm³/mol. The number of nitrogens with zero attached hydrogens (tertiary/aromatic N) is 4. The number of carboxylic acids is 1. The van der Waals surface area contributed by atoms with Crippen LogP contribution >= 0.6 is 0 Å². The maximum atomic E-state index is 13.9. The maximum Gasteiger partial charge on any atom is 0.341 e. The molecule has 4 aromatic rings. The molecular formula is C28H27N5O4. The zero-order valence-electron chi connectivity index (χ0n) is 20.7. The molecule has 2 aliphatic heterocycles. The molecule has 1 amide bonds. The summed E-state index contributed by atoms with van der Waals surface area (Å²) in [5, 5.41) is 17.2. The summed E-state index contributed by atoms with van der Waals surface area (Å²) < 4.78 is 7.37. The number of amides is 1. The van der Waals surface area contributed by atoms with Gasteiger partial charge in [0.1, 0.15) is 22.7 Å². The summed E-state index contributed by atoms with van der Waals surface area (Å²) in [6, 6.07) is 14.1. The van der Waals surface area contributed by atoms with Gasteiger partial charge in [-0.15, -0.1) is 0 Å². The molecule has 2 aromatic carbocycles. The highest BCUT2D eigenvalue weighted by Gasteiger charge is 2.44. The lowest BCUT2D eigenvalue weighted by atomic mass is 9.74. The molecule has 0 aliphatic carbocycles. The molecule has 4 heterocycles. The van der Waals surface area contributed by atoms with Crippen LogP contribution in [-0.2, 0) is 5.41 Å². The van der Waals surface area contributed by atoms with Gasteiger partial charge in [-0.05, 0) is 49.9 Å². The van der Waals surface area contributed by atoms with Crippen LogP contribution < -0.4 is 10.1 Å². The third-order valence-corrected chi connectivity index (χ3v) is 7.60. The Morgan fingerprint density at radius 3 is 2.62 bits per heavy atom. The molecule has 0 atom stereocenters. The number of aryl methyl sites for hydroxylation is 2. The van der Waals surface area contributed by atoms with E-state index in [0.29, 0.717) is 31.1 Å². The van der Waals surface area contributed by atoms with Crippen molar-refractivity contribution in [3.8, 4) is 5.75 Å². The Kier molecular flexibility index (Phi) is 5.36. The van der Waals surface area contributed by atoms with E-state index in [0.717, 1.165) is 35.4 Å². The van der Waals surface area contributed by atoms with Crippen molar-refractivity contribution in [2.24, 2.45) is 0 Å². The third kappa shape index (κ3) is 3.78. The Morgan fingerprint density at radius 2 is 1.84 bits per heavy atom. The fourth-order valence-corrected chi connectivity index (χ4v) is 5.40. The van der Waals surface area contributed by atoms with Gasteiger partial charge in [0, 0.05) is 36.0 Å². The molecular weight excluding hydrogens is 470 g/mol. The molecule has 2 aliphatic rings. The number of para-hydroxylation sites is 1. The summed E-state index contributed by atoms with van der Waals surface area (Å²) in [5.41, 5.74) is 4.49. The molecule has 0 radical (unpaired) electrons. The number of ether oxygens (including phenoxy) is 1. The Balaban J connectivity index is 1.35. The smallest absolute Gasteiger partial charge is 0.341 e. The van der Waals surface area contributed by atoms with Crippen LogP contribution in [0.1, 0.15) is 50.2 Å². The Bertz CT molecular complexity index is 1550. The van der Waals surface area contributed by atoms with Gasteiger partial charge in [-0.2, -0.15) is 9.61 Å². The number of benzene rings is 2. The highest BCUT2D eigenvalue weighted by atomic mass is 16.5. The van der Waals surface area contributed by atoms with Crippen molar-refractivity contribution < 1.29 is 19.4 Å². The van der Waals surface area contributed by atoms with Crippen LogP contribution in [-0.4, -0.2) is 56.2 Å². The van der Waals surface area contributed by atoms with Gasteiger partial charge in [-0.3, -0.25) is 4.79 Å². The van der Waals surface area contributed by atoms with Gasteiger partial charge in [0.25, 0.3) is 5.91 Å². The van der Waals surface area contributed by atoms with Gasteiger partial charge in [-0.1, -0.05) is 30.3 Å². The average molecular weight is 498 g/mol. The van der Waals surface area contributed by atoms with Crippen LogP contribution in [0.25, 0.3) is 5.65 Å². The number of carbonyl (C=O) groups is 2. The molecule has 1 fully saturated rings. The average Bonchev–Trinajstić information content (AvgIpc) is 3.49. The molecule has 6 rings (SSSR count). The minimum absolute atomic E-state index is 0.0252.